The van der Waals surface area contributed by atoms with Gasteiger partial charge in [0, 0.05) is 5.92 Å². The van der Waals surface area contributed by atoms with Gasteiger partial charge in [0.25, 0.3) is 5.91 Å². The number of carbonyl (C=O) groups is 2. The van der Waals surface area contributed by atoms with Crippen molar-refractivity contribution < 1.29 is 14.3 Å². The van der Waals surface area contributed by atoms with Crippen LogP contribution in [0.25, 0.3) is 5.69 Å². The van der Waals surface area contributed by atoms with Crippen molar-refractivity contribution in [2.24, 2.45) is 0 Å². The molecule has 2 heterocycles. The molecule has 1 aliphatic heterocycles. The van der Waals surface area contributed by atoms with Gasteiger partial charge in [0.15, 0.2) is 0 Å². The second kappa shape index (κ2) is 9.78. The van der Waals surface area contributed by atoms with Crippen molar-refractivity contribution in [1.29, 1.82) is 0 Å². The maximum absolute atomic E-state index is 13.4. The molecular weight excluding hydrogens is 404 g/mol. The molecule has 32 heavy (non-hydrogen) atoms. The van der Waals surface area contributed by atoms with Gasteiger partial charge in [0.1, 0.15) is 0 Å². The van der Waals surface area contributed by atoms with E-state index in [1.807, 2.05) is 35.9 Å². The van der Waals surface area contributed by atoms with Gasteiger partial charge in [0.2, 0.25) is 0 Å². The Labute approximate surface area is 187 Å². The summed E-state index contributed by atoms with van der Waals surface area (Å²) in [7, 11) is 0. The minimum atomic E-state index is -0.461. The van der Waals surface area contributed by atoms with E-state index in [0.717, 1.165) is 42.9 Å². The molecule has 0 bridgehead atoms. The quantitative estimate of drug-likeness (QED) is 0.574. The van der Waals surface area contributed by atoms with E-state index < -0.39 is 5.97 Å². The van der Waals surface area contributed by atoms with Crippen molar-refractivity contribution in [3.05, 3.63) is 77.1 Å². The topological polar surface area (TPSA) is 85.2 Å². The Hall–Kier alpha value is -3.45. The summed E-state index contributed by atoms with van der Waals surface area (Å²) in [5, 5.41) is 10.9. The second-order valence-electron chi connectivity index (χ2n) is 7.94. The van der Waals surface area contributed by atoms with E-state index in [2.05, 4.69) is 15.7 Å². The molecule has 7 heteroatoms. The van der Waals surface area contributed by atoms with E-state index in [4.69, 9.17) is 4.74 Å². The van der Waals surface area contributed by atoms with E-state index in [9.17, 15) is 9.59 Å². The van der Waals surface area contributed by atoms with Gasteiger partial charge in [-0.3, -0.25) is 4.79 Å². The number of aryl methyl sites for hydroxylation is 1. The SMILES string of the molecule is CCOC(=O)c1ccccc1NC(=O)c1cnn(-c2ccc(C)cc2)c1C1CCNCC1. The minimum Gasteiger partial charge on any atom is -0.462 e. The second-order valence-corrected chi connectivity index (χ2v) is 7.94. The fourth-order valence-corrected chi connectivity index (χ4v) is 4.08. The summed E-state index contributed by atoms with van der Waals surface area (Å²) in [6.07, 6.45) is 3.48. The number of esters is 1. The zero-order valence-corrected chi connectivity index (χ0v) is 18.4. The number of para-hydroxylation sites is 1. The number of hydrogen-bond donors (Lipinski definition) is 2. The van der Waals surface area contributed by atoms with Crippen molar-refractivity contribution in [3.63, 3.8) is 0 Å². The number of rotatable bonds is 6. The predicted molar refractivity (Wildman–Crippen MR) is 123 cm³/mol. The van der Waals surface area contributed by atoms with E-state index >= 15 is 0 Å². The van der Waals surface area contributed by atoms with Crippen LogP contribution in [0.3, 0.4) is 0 Å². The first-order valence-corrected chi connectivity index (χ1v) is 11.0. The van der Waals surface area contributed by atoms with Gasteiger partial charge in [-0.05, 0) is 64.0 Å². The first kappa shape index (κ1) is 21.8. The van der Waals surface area contributed by atoms with Gasteiger partial charge >= 0.3 is 5.97 Å². The molecule has 0 radical (unpaired) electrons. The third-order valence-electron chi connectivity index (χ3n) is 5.73. The molecule has 1 saturated heterocycles. The first-order valence-electron chi connectivity index (χ1n) is 11.0. The van der Waals surface area contributed by atoms with Crippen molar-refractivity contribution in [3.8, 4) is 5.69 Å². The molecule has 4 rings (SSSR count). The molecule has 2 aromatic carbocycles. The molecule has 2 N–H and O–H groups in total. The fourth-order valence-electron chi connectivity index (χ4n) is 4.08. The van der Waals surface area contributed by atoms with Gasteiger partial charge in [0.05, 0.1) is 41.0 Å². The molecule has 0 spiro atoms. The van der Waals surface area contributed by atoms with Gasteiger partial charge in [-0.25, -0.2) is 9.48 Å². The van der Waals surface area contributed by atoms with Crippen molar-refractivity contribution >= 4 is 17.6 Å². The number of ether oxygens (including phenoxy) is 1. The van der Waals surface area contributed by atoms with E-state index in [-0.39, 0.29) is 18.4 Å². The highest BCUT2D eigenvalue weighted by Gasteiger charge is 2.27. The number of hydrogen-bond acceptors (Lipinski definition) is 5. The standard InChI is InChI=1S/C25H28N4O3/c1-3-32-25(31)20-6-4-5-7-22(20)28-24(30)21-16-27-29(19-10-8-17(2)9-11-19)23(21)18-12-14-26-15-13-18/h4-11,16,18,26H,3,12-15H2,1-2H3,(H,28,30). The van der Waals surface area contributed by atoms with Crippen LogP contribution in [0.15, 0.2) is 54.7 Å². The lowest BCUT2D eigenvalue weighted by atomic mass is 9.91. The summed E-state index contributed by atoms with van der Waals surface area (Å²) in [5.74, 6) is -0.535. The lowest BCUT2D eigenvalue weighted by Crippen LogP contribution is -2.29. The highest BCUT2D eigenvalue weighted by Crippen LogP contribution is 2.31. The number of aromatic nitrogens is 2. The summed E-state index contributed by atoms with van der Waals surface area (Å²) in [6.45, 7) is 5.86. The lowest BCUT2D eigenvalue weighted by Gasteiger charge is -2.25. The molecule has 0 unspecified atom stereocenters. The maximum atomic E-state index is 13.4. The van der Waals surface area contributed by atoms with Crippen molar-refractivity contribution in [2.45, 2.75) is 32.6 Å². The van der Waals surface area contributed by atoms with Gasteiger partial charge < -0.3 is 15.4 Å². The summed E-state index contributed by atoms with van der Waals surface area (Å²) in [4.78, 5) is 25.7. The molecule has 1 fully saturated rings. The van der Waals surface area contributed by atoms with Gasteiger partial charge in [-0.15, -0.1) is 0 Å². The third-order valence-corrected chi connectivity index (χ3v) is 5.73. The highest BCUT2D eigenvalue weighted by molar-refractivity contribution is 6.08. The minimum absolute atomic E-state index is 0.209. The molecule has 166 valence electrons. The van der Waals surface area contributed by atoms with Crippen LogP contribution in [0.1, 0.15) is 57.7 Å². The normalized spacial score (nSPS) is 14.2. The smallest absolute Gasteiger partial charge is 0.340 e. The molecule has 7 nitrogen and oxygen atoms in total. The number of benzene rings is 2. The average molecular weight is 433 g/mol. The number of amides is 1. The summed E-state index contributed by atoms with van der Waals surface area (Å²) in [5.41, 5.74) is 4.28. The summed E-state index contributed by atoms with van der Waals surface area (Å²) < 4.78 is 7.01. The summed E-state index contributed by atoms with van der Waals surface area (Å²) >= 11 is 0. The van der Waals surface area contributed by atoms with Crippen LogP contribution in [-0.4, -0.2) is 41.4 Å². The average Bonchev–Trinajstić information content (AvgIpc) is 3.26. The van der Waals surface area contributed by atoms with Gasteiger partial charge in [-0.2, -0.15) is 5.10 Å². The fraction of sp³-hybridized carbons (Fsp3) is 0.320. The lowest BCUT2D eigenvalue weighted by molar-refractivity contribution is 0.0527. The Bertz CT molecular complexity index is 1100. The number of nitrogens with zero attached hydrogens (tertiary/aromatic N) is 2. The molecule has 3 aromatic rings. The van der Waals surface area contributed by atoms with Crippen molar-refractivity contribution in [1.82, 2.24) is 15.1 Å². The molecule has 1 amide bonds. The molecular formula is C25H28N4O3. The third kappa shape index (κ3) is 4.57. The number of carbonyl (C=O) groups excluding carboxylic acids is 2. The zero-order valence-electron chi connectivity index (χ0n) is 18.4. The molecule has 0 atom stereocenters. The Balaban J connectivity index is 1.70. The van der Waals surface area contributed by atoms with Crippen LogP contribution in [0.4, 0.5) is 5.69 Å². The van der Waals surface area contributed by atoms with Crippen LogP contribution in [0.5, 0.6) is 0 Å². The largest absolute Gasteiger partial charge is 0.462 e. The Morgan fingerprint density at radius 1 is 1.09 bits per heavy atom. The molecule has 0 saturated carbocycles. The van der Waals surface area contributed by atoms with Crippen LogP contribution >= 0.6 is 0 Å². The van der Waals surface area contributed by atoms with Crippen LogP contribution in [-0.2, 0) is 4.74 Å². The summed E-state index contributed by atoms with van der Waals surface area (Å²) in [6, 6.07) is 15.0. The van der Waals surface area contributed by atoms with Crippen LogP contribution < -0.4 is 10.6 Å². The van der Waals surface area contributed by atoms with Crippen molar-refractivity contribution in [2.75, 3.05) is 25.0 Å². The molecule has 0 aliphatic carbocycles. The van der Waals surface area contributed by atoms with E-state index in [1.165, 1.54) is 0 Å². The van der Waals surface area contributed by atoms with Crippen LogP contribution in [0.2, 0.25) is 0 Å². The highest BCUT2D eigenvalue weighted by atomic mass is 16.5. The number of anilines is 1. The zero-order chi connectivity index (χ0) is 22.5. The van der Waals surface area contributed by atoms with E-state index in [1.54, 1.807) is 37.4 Å². The Morgan fingerprint density at radius 2 is 1.81 bits per heavy atom. The molecule has 1 aliphatic rings. The first-order chi connectivity index (χ1) is 15.6. The monoisotopic (exact) mass is 432 g/mol. The predicted octanol–water partition coefficient (Wildman–Crippen LogP) is 4.08. The number of nitrogens with one attached hydrogen (secondary N) is 2. The Kier molecular flexibility index (Phi) is 6.66. The number of piperidine rings is 1. The Morgan fingerprint density at radius 3 is 2.53 bits per heavy atom. The van der Waals surface area contributed by atoms with E-state index in [0.29, 0.717) is 16.8 Å². The molecule has 1 aromatic heterocycles. The maximum Gasteiger partial charge on any atom is 0.340 e. The van der Waals surface area contributed by atoms with Gasteiger partial charge in [-0.1, -0.05) is 29.8 Å². The van der Waals surface area contributed by atoms with Crippen LogP contribution in [0, 0.1) is 6.92 Å².